The fourth-order valence-corrected chi connectivity index (χ4v) is 2.38. The van der Waals surface area contributed by atoms with Crippen LogP contribution in [0.1, 0.15) is 15.2 Å². The molecule has 1 nitrogen and oxygen atoms in total. The quantitative estimate of drug-likeness (QED) is 0.597. The van der Waals surface area contributed by atoms with Gasteiger partial charge >= 0.3 is 0 Å². The van der Waals surface area contributed by atoms with Crippen molar-refractivity contribution in [1.82, 2.24) is 0 Å². The first-order chi connectivity index (χ1) is 8.00. The van der Waals surface area contributed by atoms with Crippen molar-refractivity contribution in [2.45, 2.75) is 0 Å². The molecule has 0 spiro atoms. The molecular weight excluding hydrogens is 273 g/mol. The number of hydrogen-bond acceptors (Lipinski definition) is 2. The van der Waals surface area contributed by atoms with E-state index in [1.807, 2.05) is 0 Å². The Bertz CT molecular complexity index is 571. The Morgan fingerprint density at radius 1 is 1.18 bits per heavy atom. The largest absolute Gasteiger partial charge is 0.288 e. The highest BCUT2D eigenvalue weighted by Gasteiger charge is 2.19. The van der Waals surface area contributed by atoms with E-state index in [1.165, 1.54) is 6.07 Å². The average molecular weight is 277 g/mol. The third-order valence-electron chi connectivity index (χ3n) is 2.07. The molecule has 0 aliphatic heterocycles. The van der Waals surface area contributed by atoms with Crippen LogP contribution in [0.15, 0.2) is 23.6 Å². The Kier molecular flexibility index (Phi) is 3.22. The number of halogens is 4. The second-order valence-electron chi connectivity index (χ2n) is 3.18. The summed E-state index contributed by atoms with van der Waals surface area (Å²) in [4.78, 5) is 12.0. The predicted molar refractivity (Wildman–Crippen MR) is 59.1 cm³/mol. The monoisotopic (exact) mass is 276 g/mol. The molecule has 1 heterocycles. The molecular formula is C11H4ClF3OS. The lowest BCUT2D eigenvalue weighted by molar-refractivity contribution is 0.104. The van der Waals surface area contributed by atoms with E-state index >= 15 is 0 Å². The molecule has 0 saturated heterocycles. The zero-order valence-corrected chi connectivity index (χ0v) is 9.71. The molecule has 0 fully saturated rings. The van der Waals surface area contributed by atoms with Crippen LogP contribution in [0, 0.1) is 17.5 Å². The minimum absolute atomic E-state index is 0.164. The number of carbonyl (C=O) groups excluding carboxylic acids is 1. The topological polar surface area (TPSA) is 17.1 Å². The zero-order chi connectivity index (χ0) is 12.6. The summed E-state index contributed by atoms with van der Waals surface area (Å²) in [5, 5.41) is 1.77. The molecule has 0 bridgehead atoms. The maximum absolute atomic E-state index is 12.9. The van der Waals surface area contributed by atoms with E-state index in [1.54, 1.807) is 5.38 Å². The van der Waals surface area contributed by atoms with E-state index in [0.717, 1.165) is 11.3 Å². The predicted octanol–water partition coefficient (Wildman–Crippen LogP) is 4.05. The smallest absolute Gasteiger partial charge is 0.204 e. The van der Waals surface area contributed by atoms with Crippen molar-refractivity contribution in [2.24, 2.45) is 0 Å². The molecule has 17 heavy (non-hydrogen) atoms. The van der Waals surface area contributed by atoms with Crippen molar-refractivity contribution < 1.29 is 18.0 Å². The Morgan fingerprint density at radius 3 is 2.24 bits per heavy atom. The van der Waals surface area contributed by atoms with Gasteiger partial charge in [0.15, 0.2) is 17.5 Å². The number of benzene rings is 1. The Hall–Kier alpha value is -1.33. The van der Waals surface area contributed by atoms with E-state index < -0.39 is 23.2 Å². The van der Waals surface area contributed by atoms with Gasteiger partial charge in [0.05, 0.1) is 9.90 Å². The number of thiophene rings is 1. The molecule has 0 N–H and O–H groups in total. The zero-order valence-electron chi connectivity index (χ0n) is 8.14. The molecule has 0 saturated carbocycles. The fourth-order valence-electron chi connectivity index (χ4n) is 1.27. The van der Waals surface area contributed by atoms with Crippen LogP contribution >= 0.6 is 22.9 Å². The maximum atomic E-state index is 12.9. The maximum Gasteiger partial charge on any atom is 0.204 e. The molecule has 1 aromatic heterocycles. The van der Waals surface area contributed by atoms with Crippen LogP contribution in [-0.2, 0) is 0 Å². The lowest BCUT2D eigenvalue weighted by atomic mass is 10.1. The van der Waals surface area contributed by atoms with Crippen LogP contribution in [-0.4, -0.2) is 5.78 Å². The normalized spacial score (nSPS) is 10.6. The van der Waals surface area contributed by atoms with E-state index in [2.05, 4.69) is 0 Å². The van der Waals surface area contributed by atoms with E-state index in [4.69, 9.17) is 11.6 Å². The second kappa shape index (κ2) is 4.50. The van der Waals surface area contributed by atoms with Gasteiger partial charge in [0.25, 0.3) is 0 Å². The van der Waals surface area contributed by atoms with Gasteiger partial charge in [-0.3, -0.25) is 4.79 Å². The van der Waals surface area contributed by atoms with Crippen LogP contribution in [0.2, 0.25) is 5.02 Å². The Balaban J connectivity index is 2.49. The van der Waals surface area contributed by atoms with E-state index in [9.17, 15) is 18.0 Å². The van der Waals surface area contributed by atoms with Gasteiger partial charge in [-0.05, 0) is 23.6 Å². The highest BCUT2D eigenvalue weighted by Crippen LogP contribution is 2.26. The van der Waals surface area contributed by atoms with E-state index in [-0.39, 0.29) is 15.5 Å². The van der Waals surface area contributed by atoms with Gasteiger partial charge in [0.2, 0.25) is 5.78 Å². The number of ketones is 1. The van der Waals surface area contributed by atoms with Gasteiger partial charge in [0, 0.05) is 5.56 Å². The minimum Gasteiger partial charge on any atom is -0.288 e. The van der Waals surface area contributed by atoms with Crippen LogP contribution in [0.3, 0.4) is 0 Å². The molecule has 88 valence electrons. The minimum atomic E-state index is -1.60. The third kappa shape index (κ3) is 2.21. The molecule has 0 aliphatic rings. The Labute approximate surface area is 103 Å². The molecule has 0 aliphatic carbocycles. The number of rotatable bonds is 2. The van der Waals surface area contributed by atoms with Crippen LogP contribution in [0.5, 0.6) is 0 Å². The summed E-state index contributed by atoms with van der Waals surface area (Å²) >= 11 is 6.77. The summed E-state index contributed by atoms with van der Waals surface area (Å²) in [6.07, 6.45) is 0. The van der Waals surface area contributed by atoms with Gasteiger partial charge in [0.1, 0.15) is 0 Å². The molecule has 0 amide bonds. The van der Waals surface area contributed by atoms with Gasteiger partial charge in [-0.1, -0.05) is 11.6 Å². The summed E-state index contributed by atoms with van der Waals surface area (Å²) in [5.41, 5.74) is -0.272. The summed E-state index contributed by atoms with van der Waals surface area (Å²) in [6, 6.07) is 2.79. The lowest BCUT2D eigenvalue weighted by Crippen LogP contribution is -2.03. The molecule has 0 atom stereocenters. The summed E-state index contributed by atoms with van der Waals surface area (Å²) in [5.74, 6) is -5.04. The summed E-state index contributed by atoms with van der Waals surface area (Å²) in [7, 11) is 0. The van der Waals surface area contributed by atoms with Crippen LogP contribution in [0.4, 0.5) is 13.2 Å². The Morgan fingerprint density at radius 2 is 1.76 bits per heavy atom. The first kappa shape index (κ1) is 12.1. The molecule has 1 aromatic carbocycles. The highest BCUT2D eigenvalue weighted by molar-refractivity contribution is 7.13. The molecule has 2 rings (SSSR count). The van der Waals surface area contributed by atoms with E-state index in [0.29, 0.717) is 12.1 Å². The second-order valence-corrected chi connectivity index (χ2v) is 4.50. The standard InChI is InChI=1S/C11H4ClF3OS/c12-6-1-2-17-11(6)10(16)5-3-7(13)9(15)8(14)4-5/h1-4H. The van der Waals surface area contributed by atoms with Gasteiger partial charge in [-0.15, -0.1) is 11.3 Å². The number of hydrogen-bond donors (Lipinski definition) is 0. The third-order valence-corrected chi connectivity index (χ3v) is 3.41. The first-order valence-corrected chi connectivity index (χ1v) is 5.68. The van der Waals surface area contributed by atoms with Gasteiger partial charge in [-0.25, -0.2) is 13.2 Å². The first-order valence-electron chi connectivity index (χ1n) is 4.43. The molecule has 0 radical (unpaired) electrons. The summed E-state index contributed by atoms with van der Waals surface area (Å²) < 4.78 is 38.6. The van der Waals surface area contributed by atoms with Crippen molar-refractivity contribution in [2.75, 3.05) is 0 Å². The van der Waals surface area contributed by atoms with Gasteiger partial charge in [-0.2, -0.15) is 0 Å². The SMILES string of the molecule is O=C(c1cc(F)c(F)c(F)c1)c1sccc1Cl. The van der Waals surface area contributed by atoms with Crippen molar-refractivity contribution in [3.05, 3.63) is 56.5 Å². The van der Waals surface area contributed by atoms with Gasteiger partial charge < -0.3 is 0 Å². The van der Waals surface area contributed by atoms with Crippen molar-refractivity contribution in [3.63, 3.8) is 0 Å². The molecule has 2 aromatic rings. The lowest BCUT2D eigenvalue weighted by Gasteiger charge is -2.01. The van der Waals surface area contributed by atoms with Crippen LogP contribution in [0.25, 0.3) is 0 Å². The number of carbonyl (C=O) groups is 1. The van der Waals surface area contributed by atoms with Crippen molar-refractivity contribution in [3.8, 4) is 0 Å². The highest BCUT2D eigenvalue weighted by atomic mass is 35.5. The summed E-state index contributed by atoms with van der Waals surface area (Å²) in [6.45, 7) is 0. The molecule has 0 unspecified atom stereocenters. The van der Waals surface area contributed by atoms with Crippen LogP contribution < -0.4 is 0 Å². The average Bonchev–Trinajstić information content (AvgIpc) is 2.70. The van der Waals surface area contributed by atoms with Crippen molar-refractivity contribution in [1.29, 1.82) is 0 Å². The van der Waals surface area contributed by atoms with Crippen molar-refractivity contribution >= 4 is 28.7 Å². The fraction of sp³-hybridized carbons (Fsp3) is 0. The molecule has 6 heteroatoms.